The Hall–Kier alpha value is -1.77. The molecule has 0 saturated heterocycles. The van der Waals surface area contributed by atoms with Crippen molar-refractivity contribution in [2.45, 2.75) is 33.4 Å². The van der Waals surface area contributed by atoms with E-state index in [1.54, 1.807) is 18.3 Å². The van der Waals surface area contributed by atoms with E-state index in [4.69, 9.17) is 5.73 Å². The fraction of sp³-hybridized carbons (Fsp3) is 0.357. The van der Waals surface area contributed by atoms with Crippen LogP contribution in [0.25, 0.3) is 10.6 Å². The van der Waals surface area contributed by atoms with Crippen LogP contribution in [-0.2, 0) is 16.1 Å². The highest BCUT2D eigenvalue weighted by molar-refractivity contribution is 7.18. The molecule has 8 heteroatoms. The number of nitrogens with one attached hydrogen (secondary N) is 2. The Kier molecular flexibility index (Phi) is 5.28. The second-order valence-electron chi connectivity index (χ2n) is 4.88. The van der Waals surface area contributed by atoms with Crippen LogP contribution in [0.3, 0.4) is 0 Å². The van der Waals surface area contributed by atoms with E-state index < -0.39 is 6.04 Å². The van der Waals surface area contributed by atoms with Crippen LogP contribution in [0.5, 0.6) is 0 Å². The van der Waals surface area contributed by atoms with Crippen molar-refractivity contribution in [1.29, 1.82) is 0 Å². The molecule has 0 spiro atoms. The number of rotatable bonds is 5. The Bertz CT molecular complexity index is 691. The Morgan fingerprint density at radius 1 is 1.36 bits per heavy atom. The number of thiazole rings is 1. The number of anilines is 1. The molecule has 118 valence electrons. The Balaban J connectivity index is 2.14. The minimum Gasteiger partial charge on any atom is -0.351 e. The number of amides is 2. The number of hydrogen-bond acceptors (Lipinski definition) is 6. The number of nitrogens with two attached hydrogens (primary N) is 1. The summed E-state index contributed by atoms with van der Waals surface area (Å²) in [5.74, 6) is -0.307. The number of carbonyl (C=O) groups is 2. The molecule has 0 aliphatic carbocycles. The van der Waals surface area contributed by atoms with Crippen molar-refractivity contribution >= 4 is 39.6 Å². The van der Waals surface area contributed by atoms with Crippen molar-refractivity contribution < 1.29 is 9.59 Å². The SMILES string of the molecule is CC(=O)NCc1ccc(-c2nc(NC(=O)[C@H](C)N)sc2C)s1. The fourth-order valence-corrected chi connectivity index (χ4v) is 3.60. The zero-order valence-corrected chi connectivity index (χ0v) is 14.2. The number of aryl methyl sites for hydroxylation is 1. The number of hydrogen-bond donors (Lipinski definition) is 3. The molecule has 0 aliphatic heterocycles. The molecule has 0 bridgehead atoms. The number of thiophene rings is 1. The van der Waals surface area contributed by atoms with Gasteiger partial charge in [-0.3, -0.25) is 9.59 Å². The lowest BCUT2D eigenvalue weighted by molar-refractivity contribution is -0.119. The van der Waals surface area contributed by atoms with Crippen molar-refractivity contribution in [2.75, 3.05) is 5.32 Å². The summed E-state index contributed by atoms with van der Waals surface area (Å²) >= 11 is 2.99. The van der Waals surface area contributed by atoms with Crippen LogP contribution in [0, 0.1) is 6.92 Å². The van der Waals surface area contributed by atoms with Gasteiger partial charge in [0.2, 0.25) is 11.8 Å². The van der Waals surface area contributed by atoms with Gasteiger partial charge in [-0.25, -0.2) is 4.98 Å². The zero-order chi connectivity index (χ0) is 16.3. The van der Waals surface area contributed by atoms with E-state index in [0.29, 0.717) is 11.7 Å². The molecule has 2 heterocycles. The van der Waals surface area contributed by atoms with Gasteiger partial charge in [-0.1, -0.05) is 0 Å². The maximum atomic E-state index is 11.6. The Morgan fingerprint density at radius 2 is 2.09 bits per heavy atom. The normalized spacial score (nSPS) is 12.0. The van der Waals surface area contributed by atoms with Crippen LogP contribution in [0.4, 0.5) is 5.13 Å². The van der Waals surface area contributed by atoms with Gasteiger partial charge in [-0.05, 0) is 26.0 Å². The van der Waals surface area contributed by atoms with Gasteiger partial charge in [0.25, 0.3) is 0 Å². The van der Waals surface area contributed by atoms with E-state index in [1.165, 1.54) is 18.3 Å². The quantitative estimate of drug-likeness (QED) is 0.778. The predicted octanol–water partition coefficient (Wildman–Crippen LogP) is 2.10. The van der Waals surface area contributed by atoms with Crippen molar-refractivity contribution in [3.8, 4) is 10.6 Å². The molecular weight excluding hydrogens is 320 g/mol. The molecular formula is C14H18N4O2S2. The summed E-state index contributed by atoms with van der Waals surface area (Å²) < 4.78 is 0. The minimum absolute atomic E-state index is 0.0549. The van der Waals surface area contributed by atoms with Crippen LogP contribution in [-0.4, -0.2) is 22.8 Å². The van der Waals surface area contributed by atoms with E-state index in [-0.39, 0.29) is 11.8 Å². The van der Waals surface area contributed by atoms with Crippen molar-refractivity contribution in [3.63, 3.8) is 0 Å². The fourth-order valence-electron chi connectivity index (χ4n) is 1.71. The molecule has 22 heavy (non-hydrogen) atoms. The lowest BCUT2D eigenvalue weighted by Crippen LogP contribution is -2.32. The first-order valence-corrected chi connectivity index (χ1v) is 8.37. The maximum absolute atomic E-state index is 11.6. The third-order valence-corrected chi connectivity index (χ3v) is 4.83. The van der Waals surface area contributed by atoms with E-state index in [9.17, 15) is 9.59 Å². The number of carbonyl (C=O) groups excluding carboxylic acids is 2. The van der Waals surface area contributed by atoms with Gasteiger partial charge in [-0.15, -0.1) is 22.7 Å². The minimum atomic E-state index is -0.571. The first-order valence-electron chi connectivity index (χ1n) is 6.74. The summed E-state index contributed by atoms with van der Waals surface area (Å²) in [6, 6.07) is 3.37. The molecule has 4 N–H and O–H groups in total. The molecule has 0 saturated carbocycles. The van der Waals surface area contributed by atoms with Gasteiger partial charge >= 0.3 is 0 Å². The molecule has 0 fully saturated rings. The van der Waals surface area contributed by atoms with Crippen LogP contribution in [0.15, 0.2) is 12.1 Å². The average molecular weight is 338 g/mol. The van der Waals surface area contributed by atoms with Crippen LogP contribution in [0.2, 0.25) is 0 Å². The van der Waals surface area contributed by atoms with Crippen molar-refractivity contribution in [3.05, 3.63) is 21.9 Å². The molecule has 0 aromatic carbocycles. The highest BCUT2D eigenvalue weighted by atomic mass is 32.1. The number of nitrogens with zero attached hydrogens (tertiary/aromatic N) is 1. The molecule has 1 atom stereocenters. The predicted molar refractivity (Wildman–Crippen MR) is 90.0 cm³/mol. The van der Waals surface area contributed by atoms with Gasteiger partial charge in [-0.2, -0.15) is 0 Å². The smallest absolute Gasteiger partial charge is 0.242 e. The molecule has 0 unspecified atom stereocenters. The third kappa shape index (κ3) is 4.12. The molecule has 0 aliphatic rings. The third-order valence-electron chi connectivity index (χ3n) is 2.85. The summed E-state index contributed by atoms with van der Waals surface area (Å²) in [7, 11) is 0. The van der Waals surface area contributed by atoms with Crippen LogP contribution >= 0.6 is 22.7 Å². The van der Waals surface area contributed by atoms with Gasteiger partial charge in [0.1, 0.15) is 0 Å². The average Bonchev–Trinajstić information content (AvgIpc) is 3.02. The number of aromatic nitrogens is 1. The molecule has 2 aromatic rings. The highest BCUT2D eigenvalue weighted by Crippen LogP contribution is 2.34. The van der Waals surface area contributed by atoms with E-state index >= 15 is 0 Å². The van der Waals surface area contributed by atoms with E-state index in [2.05, 4.69) is 15.6 Å². The van der Waals surface area contributed by atoms with Gasteiger partial charge in [0.05, 0.1) is 23.2 Å². The molecule has 2 rings (SSSR count). The summed E-state index contributed by atoms with van der Waals surface area (Å²) in [5, 5.41) is 6.03. The van der Waals surface area contributed by atoms with E-state index in [0.717, 1.165) is 20.3 Å². The van der Waals surface area contributed by atoms with Crippen molar-refractivity contribution in [1.82, 2.24) is 10.3 Å². The monoisotopic (exact) mass is 338 g/mol. The van der Waals surface area contributed by atoms with Gasteiger partial charge in [0.15, 0.2) is 5.13 Å². The molecule has 6 nitrogen and oxygen atoms in total. The second kappa shape index (κ2) is 6.99. The van der Waals surface area contributed by atoms with Gasteiger partial charge in [0, 0.05) is 16.7 Å². The summed E-state index contributed by atoms with van der Waals surface area (Å²) in [6.45, 7) is 5.59. The summed E-state index contributed by atoms with van der Waals surface area (Å²) in [4.78, 5) is 30.1. The highest BCUT2D eigenvalue weighted by Gasteiger charge is 2.15. The van der Waals surface area contributed by atoms with Gasteiger partial charge < -0.3 is 16.4 Å². The van der Waals surface area contributed by atoms with Crippen LogP contribution < -0.4 is 16.4 Å². The first-order chi connectivity index (χ1) is 10.4. The molecule has 2 amide bonds. The zero-order valence-electron chi connectivity index (χ0n) is 12.6. The summed E-state index contributed by atoms with van der Waals surface area (Å²) in [5.41, 5.74) is 6.38. The van der Waals surface area contributed by atoms with Crippen LogP contribution in [0.1, 0.15) is 23.6 Å². The largest absolute Gasteiger partial charge is 0.351 e. The maximum Gasteiger partial charge on any atom is 0.242 e. The topological polar surface area (TPSA) is 97.1 Å². The second-order valence-corrected chi connectivity index (χ2v) is 7.25. The Morgan fingerprint density at radius 3 is 2.73 bits per heavy atom. The van der Waals surface area contributed by atoms with Crippen molar-refractivity contribution in [2.24, 2.45) is 5.73 Å². The lowest BCUT2D eigenvalue weighted by atomic mass is 10.3. The summed E-state index contributed by atoms with van der Waals surface area (Å²) in [6.07, 6.45) is 0. The standard InChI is InChI=1S/C14H18N4O2S2/c1-7(15)13(20)18-14-17-12(8(2)21-14)11-5-4-10(22-11)6-16-9(3)19/h4-5,7H,6,15H2,1-3H3,(H,16,19)(H,17,18,20)/t7-/m0/s1. The van der Waals surface area contributed by atoms with E-state index in [1.807, 2.05) is 19.1 Å². The lowest BCUT2D eigenvalue weighted by Gasteiger charge is -2.03. The molecule has 2 aromatic heterocycles. The molecule has 0 radical (unpaired) electrons. The first kappa shape index (κ1) is 16.6. The Labute approximate surface area is 136 Å².